The van der Waals surface area contributed by atoms with Crippen molar-refractivity contribution in [2.45, 2.75) is 12.8 Å². The number of nitrogens with one attached hydrogen (secondary N) is 1. The minimum absolute atomic E-state index is 0.0958. The average molecular weight is 299 g/mol. The Hall–Kier alpha value is -1.27. The smallest absolute Gasteiger partial charge is 0.224 e. The zero-order chi connectivity index (χ0) is 15.0. The lowest BCUT2D eigenvalue weighted by molar-refractivity contribution is -0.116. The average Bonchev–Trinajstić information content (AvgIpc) is 2.39. The van der Waals surface area contributed by atoms with Crippen LogP contribution in [0.1, 0.15) is 12.8 Å². The number of benzene rings is 1. The zero-order valence-corrected chi connectivity index (χ0v) is 12.8. The molecule has 0 aliphatic carbocycles. The molecule has 1 aromatic carbocycles. The first kappa shape index (κ1) is 16.8. The summed E-state index contributed by atoms with van der Waals surface area (Å²) in [5, 5.41) is 2.70. The summed E-state index contributed by atoms with van der Waals surface area (Å²) in [5.41, 5.74) is 6.35. The van der Waals surface area contributed by atoms with Crippen LogP contribution in [0.4, 0.5) is 15.8 Å². The predicted octanol–water partition coefficient (Wildman–Crippen LogP) is 2.42. The van der Waals surface area contributed by atoms with Gasteiger partial charge in [-0.2, -0.15) is 11.8 Å². The van der Waals surface area contributed by atoms with Crippen LogP contribution in [-0.4, -0.2) is 43.0 Å². The van der Waals surface area contributed by atoms with Gasteiger partial charge < -0.3 is 16.0 Å². The molecule has 0 radical (unpaired) electrons. The minimum Gasteiger partial charge on any atom is -0.397 e. The van der Waals surface area contributed by atoms with E-state index in [2.05, 4.69) is 16.5 Å². The van der Waals surface area contributed by atoms with Crippen molar-refractivity contribution in [3.8, 4) is 0 Å². The molecule has 0 heterocycles. The van der Waals surface area contributed by atoms with Gasteiger partial charge in [-0.3, -0.25) is 4.79 Å². The van der Waals surface area contributed by atoms with Crippen LogP contribution in [0.3, 0.4) is 0 Å². The summed E-state index contributed by atoms with van der Waals surface area (Å²) in [7, 11) is 2.05. The molecule has 0 atom stereocenters. The zero-order valence-electron chi connectivity index (χ0n) is 12.0. The standard InChI is InChI=1S/C14H22FN3OS/c1-18(8-9-20-2)7-3-4-14(19)17-13-6-5-11(15)10-12(13)16/h5-6,10H,3-4,7-9,16H2,1-2H3,(H,17,19). The largest absolute Gasteiger partial charge is 0.397 e. The molecular weight excluding hydrogens is 277 g/mol. The van der Waals surface area contributed by atoms with Crippen molar-refractivity contribution >= 4 is 29.0 Å². The Morgan fingerprint density at radius 3 is 2.85 bits per heavy atom. The molecule has 3 N–H and O–H groups in total. The van der Waals surface area contributed by atoms with E-state index in [1.807, 2.05) is 18.8 Å². The molecule has 6 heteroatoms. The molecule has 20 heavy (non-hydrogen) atoms. The van der Waals surface area contributed by atoms with Crippen molar-refractivity contribution < 1.29 is 9.18 Å². The van der Waals surface area contributed by atoms with Gasteiger partial charge >= 0.3 is 0 Å². The summed E-state index contributed by atoms with van der Waals surface area (Å²) in [6.45, 7) is 1.90. The number of halogens is 1. The van der Waals surface area contributed by atoms with E-state index in [1.165, 1.54) is 18.2 Å². The van der Waals surface area contributed by atoms with Gasteiger partial charge in [0.25, 0.3) is 0 Å². The summed E-state index contributed by atoms with van der Waals surface area (Å²) in [5.74, 6) is 0.590. The van der Waals surface area contributed by atoms with Gasteiger partial charge in [-0.05, 0) is 44.5 Å². The minimum atomic E-state index is -0.407. The van der Waals surface area contributed by atoms with Crippen LogP contribution in [0, 0.1) is 5.82 Å². The Bertz CT molecular complexity index is 442. The SMILES string of the molecule is CSCCN(C)CCCC(=O)Nc1ccc(F)cc1N. The molecule has 0 bridgehead atoms. The first-order valence-corrected chi connectivity index (χ1v) is 7.94. The van der Waals surface area contributed by atoms with Crippen molar-refractivity contribution in [1.82, 2.24) is 4.90 Å². The highest BCUT2D eigenvalue weighted by atomic mass is 32.2. The fourth-order valence-corrected chi connectivity index (χ4v) is 2.22. The molecule has 1 rings (SSSR count). The number of nitrogen functional groups attached to an aromatic ring is 1. The lowest BCUT2D eigenvalue weighted by atomic mass is 10.2. The van der Waals surface area contributed by atoms with Crippen molar-refractivity contribution in [3.63, 3.8) is 0 Å². The van der Waals surface area contributed by atoms with Gasteiger partial charge in [0.05, 0.1) is 11.4 Å². The van der Waals surface area contributed by atoms with E-state index in [0.29, 0.717) is 12.1 Å². The number of nitrogens with two attached hydrogens (primary N) is 1. The second kappa shape index (κ2) is 8.81. The number of amides is 1. The number of carbonyl (C=O) groups is 1. The molecule has 0 aliphatic heterocycles. The summed E-state index contributed by atoms with van der Waals surface area (Å²) in [6, 6.07) is 3.96. The van der Waals surface area contributed by atoms with Crippen LogP contribution in [0.25, 0.3) is 0 Å². The van der Waals surface area contributed by atoms with E-state index < -0.39 is 5.82 Å². The third-order valence-corrected chi connectivity index (χ3v) is 3.50. The van der Waals surface area contributed by atoms with Crippen molar-refractivity contribution in [1.29, 1.82) is 0 Å². The number of carbonyl (C=O) groups excluding carboxylic acids is 1. The number of rotatable bonds is 8. The lowest BCUT2D eigenvalue weighted by Crippen LogP contribution is -2.23. The van der Waals surface area contributed by atoms with Crippen LogP contribution in [0.5, 0.6) is 0 Å². The van der Waals surface area contributed by atoms with Gasteiger partial charge in [0.2, 0.25) is 5.91 Å². The number of hydrogen-bond acceptors (Lipinski definition) is 4. The van der Waals surface area contributed by atoms with E-state index in [0.717, 1.165) is 25.3 Å². The second-order valence-electron chi connectivity index (χ2n) is 4.68. The summed E-state index contributed by atoms with van der Waals surface area (Å²) in [4.78, 5) is 14.0. The fourth-order valence-electron chi connectivity index (χ4n) is 1.73. The van der Waals surface area contributed by atoms with Crippen LogP contribution in [0.2, 0.25) is 0 Å². The van der Waals surface area contributed by atoms with Crippen LogP contribution < -0.4 is 11.1 Å². The summed E-state index contributed by atoms with van der Waals surface area (Å²) in [6.07, 6.45) is 3.30. The highest BCUT2D eigenvalue weighted by Crippen LogP contribution is 2.19. The number of nitrogens with zero attached hydrogens (tertiary/aromatic N) is 1. The molecule has 4 nitrogen and oxygen atoms in total. The molecule has 0 fully saturated rings. The number of thioether (sulfide) groups is 1. The van der Waals surface area contributed by atoms with Gasteiger partial charge in [0, 0.05) is 18.7 Å². The molecule has 1 amide bonds. The molecule has 0 saturated carbocycles. The van der Waals surface area contributed by atoms with Crippen LogP contribution >= 0.6 is 11.8 Å². The Balaban J connectivity index is 2.30. The topological polar surface area (TPSA) is 58.4 Å². The number of anilines is 2. The third kappa shape index (κ3) is 6.25. The molecule has 1 aromatic rings. The molecule has 0 aromatic heterocycles. The molecular formula is C14H22FN3OS. The predicted molar refractivity (Wildman–Crippen MR) is 84.6 cm³/mol. The Labute approximate surface area is 123 Å². The molecule has 0 unspecified atom stereocenters. The maximum atomic E-state index is 12.9. The number of hydrogen-bond donors (Lipinski definition) is 2. The third-order valence-electron chi connectivity index (χ3n) is 2.91. The van der Waals surface area contributed by atoms with Gasteiger partial charge in [-0.1, -0.05) is 0 Å². The van der Waals surface area contributed by atoms with Gasteiger partial charge in [-0.15, -0.1) is 0 Å². The molecule has 0 spiro atoms. The van der Waals surface area contributed by atoms with E-state index in [1.54, 1.807) is 0 Å². The van der Waals surface area contributed by atoms with Gasteiger partial charge in [0.15, 0.2) is 0 Å². The quantitative estimate of drug-likeness (QED) is 0.724. The summed E-state index contributed by atoms with van der Waals surface area (Å²) >= 11 is 1.81. The van der Waals surface area contributed by atoms with E-state index in [4.69, 9.17) is 5.73 Å². The maximum absolute atomic E-state index is 12.9. The van der Waals surface area contributed by atoms with E-state index in [9.17, 15) is 9.18 Å². The monoisotopic (exact) mass is 299 g/mol. The van der Waals surface area contributed by atoms with Crippen molar-refractivity contribution in [2.75, 3.05) is 43.2 Å². The van der Waals surface area contributed by atoms with Gasteiger partial charge in [0.1, 0.15) is 5.82 Å². The first-order valence-electron chi connectivity index (χ1n) is 6.55. The van der Waals surface area contributed by atoms with Crippen molar-refractivity contribution in [2.24, 2.45) is 0 Å². The van der Waals surface area contributed by atoms with Gasteiger partial charge in [-0.25, -0.2) is 4.39 Å². The maximum Gasteiger partial charge on any atom is 0.224 e. The lowest BCUT2D eigenvalue weighted by Gasteiger charge is -2.15. The van der Waals surface area contributed by atoms with Crippen LogP contribution in [-0.2, 0) is 4.79 Å². The Morgan fingerprint density at radius 1 is 1.45 bits per heavy atom. The molecule has 0 aliphatic rings. The molecule has 112 valence electrons. The van der Waals surface area contributed by atoms with Crippen molar-refractivity contribution in [3.05, 3.63) is 24.0 Å². The normalized spacial score (nSPS) is 10.8. The molecule has 0 saturated heterocycles. The Morgan fingerprint density at radius 2 is 2.20 bits per heavy atom. The highest BCUT2D eigenvalue weighted by molar-refractivity contribution is 7.98. The van der Waals surface area contributed by atoms with E-state index in [-0.39, 0.29) is 11.6 Å². The highest BCUT2D eigenvalue weighted by Gasteiger charge is 2.07. The second-order valence-corrected chi connectivity index (χ2v) is 5.66. The van der Waals surface area contributed by atoms with Crippen LogP contribution in [0.15, 0.2) is 18.2 Å². The van der Waals surface area contributed by atoms with E-state index >= 15 is 0 Å². The summed E-state index contributed by atoms with van der Waals surface area (Å²) < 4.78 is 12.9. The first-order chi connectivity index (χ1) is 9.52. The fraction of sp³-hybridized carbons (Fsp3) is 0.500. The Kier molecular flexibility index (Phi) is 7.40.